The summed E-state index contributed by atoms with van der Waals surface area (Å²) in [5.41, 5.74) is 4.74. The van der Waals surface area contributed by atoms with E-state index in [1.807, 2.05) is 24.3 Å². The number of fused-ring (bicyclic) bond motifs is 3. The molecule has 2 aromatic carbocycles. The first-order chi connectivity index (χ1) is 16.9. The highest BCUT2D eigenvalue weighted by atomic mass is 16.5. The predicted molar refractivity (Wildman–Crippen MR) is 135 cm³/mol. The van der Waals surface area contributed by atoms with Gasteiger partial charge in [-0.05, 0) is 47.4 Å². The Labute approximate surface area is 207 Å². The maximum atomic E-state index is 12.4. The lowest BCUT2D eigenvalue weighted by molar-refractivity contribution is -0.141. The summed E-state index contributed by atoms with van der Waals surface area (Å²) in [4.78, 5) is 35.6. The van der Waals surface area contributed by atoms with Crippen molar-refractivity contribution in [2.24, 2.45) is 5.92 Å². The molecule has 0 fully saturated rings. The molecule has 2 aromatic rings. The maximum absolute atomic E-state index is 12.4. The number of alkyl carbamates (subject to hydrolysis) is 1. The Hall–Kier alpha value is -3.35. The first-order valence-electron chi connectivity index (χ1n) is 12.6. The van der Waals surface area contributed by atoms with Crippen LogP contribution in [0.3, 0.4) is 0 Å². The van der Waals surface area contributed by atoms with Crippen molar-refractivity contribution < 1.29 is 24.2 Å². The van der Waals surface area contributed by atoms with E-state index in [0.717, 1.165) is 19.3 Å². The molecule has 0 aliphatic heterocycles. The summed E-state index contributed by atoms with van der Waals surface area (Å²) in [6, 6.07) is 15.6. The molecule has 0 heterocycles. The molecule has 2 atom stereocenters. The average molecular weight is 481 g/mol. The van der Waals surface area contributed by atoms with Gasteiger partial charge in [-0.2, -0.15) is 0 Å². The summed E-state index contributed by atoms with van der Waals surface area (Å²) in [5.74, 6) is -0.968. The average Bonchev–Trinajstić information content (AvgIpc) is 3.18. The van der Waals surface area contributed by atoms with Crippen molar-refractivity contribution >= 4 is 18.0 Å². The number of rotatable bonds is 13. The van der Waals surface area contributed by atoms with E-state index in [1.54, 1.807) is 6.92 Å². The van der Waals surface area contributed by atoms with Gasteiger partial charge in [0.15, 0.2) is 0 Å². The molecule has 0 spiro atoms. The SMILES string of the molecule is CCCC(CCNC(=O)OCC1c2ccccc2-c2ccccc21)CCC(=O)N[C@H](CC)C(=O)O. The Morgan fingerprint density at radius 3 is 2.14 bits per heavy atom. The van der Waals surface area contributed by atoms with Gasteiger partial charge in [0.25, 0.3) is 0 Å². The van der Waals surface area contributed by atoms with E-state index in [1.165, 1.54) is 22.3 Å². The molecule has 7 nitrogen and oxygen atoms in total. The summed E-state index contributed by atoms with van der Waals surface area (Å²) in [5, 5.41) is 14.5. The van der Waals surface area contributed by atoms with Gasteiger partial charge >= 0.3 is 12.1 Å². The van der Waals surface area contributed by atoms with Gasteiger partial charge in [-0.3, -0.25) is 4.79 Å². The van der Waals surface area contributed by atoms with Crippen LogP contribution in [0.5, 0.6) is 0 Å². The van der Waals surface area contributed by atoms with Crippen LogP contribution in [0.15, 0.2) is 48.5 Å². The number of carboxylic acids is 1. The van der Waals surface area contributed by atoms with Gasteiger partial charge in [0.2, 0.25) is 5.91 Å². The summed E-state index contributed by atoms with van der Waals surface area (Å²) in [6.45, 7) is 4.56. The zero-order chi connectivity index (χ0) is 25.2. The molecule has 188 valence electrons. The first kappa shape index (κ1) is 26.3. The number of carbonyl (C=O) groups is 3. The molecule has 7 heteroatoms. The van der Waals surface area contributed by atoms with Gasteiger partial charge in [0, 0.05) is 18.9 Å². The number of hydrogen-bond acceptors (Lipinski definition) is 4. The van der Waals surface area contributed by atoms with E-state index in [2.05, 4.69) is 41.8 Å². The Balaban J connectivity index is 1.43. The van der Waals surface area contributed by atoms with Crippen LogP contribution >= 0.6 is 0 Å². The van der Waals surface area contributed by atoms with E-state index in [4.69, 9.17) is 9.84 Å². The van der Waals surface area contributed by atoms with Crippen molar-refractivity contribution in [3.63, 3.8) is 0 Å². The molecule has 1 aliphatic carbocycles. The van der Waals surface area contributed by atoms with Crippen molar-refractivity contribution in [2.75, 3.05) is 13.2 Å². The molecule has 1 aliphatic rings. The lowest BCUT2D eigenvalue weighted by atomic mass is 9.94. The normalized spacial score (nSPS) is 13.9. The zero-order valence-electron chi connectivity index (χ0n) is 20.6. The minimum atomic E-state index is -1.02. The Morgan fingerprint density at radius 1 is 0.943 bits per heavy atom. The van der Waals surface area contributed by atoms with Crippen LogP contribution < -0.4 is 10.6 Å². The standard InChI is InChI=1S/C28H36N2O5/c1-3-9-19(14-15-26(31)30-25(4-2)27(32)33)16-17-29-28(34)35-18-24-22-12-7-5-10-20(22)21-11-6-8-13-23(21)24/h5-8,10-13,19,24-25H,3-4,9,14-18H2,1-2H3,(H,29,34)(H,30,31)(H,32,33)/t19?,25-/m1/s1. The van der Waals surface area contributed by atoms with E-state index >= 15 is 0 Å². The highest BCUT2D eigenvalue weighted by molar-refractivity contribution is 5.83. The second-order valence-corrected chi connectivity index (χ2v) is 9.10. The number of carboxylic acid groups (broad SMARTS) is 1. The summed E-state index contributed by atoms with van der Waals surface area (Å²) in [6.07, 6.45) is 3.50. The van der Waals surface area contributed by atoms with Crippen LogP contribution in [0.4, 0.5) is 4.79 Å². The monoisotopic (exact) mass is 480 g/mol. The molecule has 0 bridgehead atoms. The molecule has 3 rings (SSSR count). The Kier molecular flexibility index (Phi) is 9.70. The number of nitrogens with one attached hydrogen (secondary N) is 2. The van der Waals surface area contributed by atoms with Crippen LogP contribution in [0, 0.1) is 5.92 Å². The van der Waals surface area contributed by atoms with Gasteiger partial charge < -0.3 is 20.5 Å². The van der Waals surface area contributed by atoms with Gasteiger partial charge in [-0.15, -0.1) is 0 Å². The molecule has 35 heavy (non-hydrogen) atoms. The lowest BCUT2D eigenvalue weighted by Crippen LogP contribution is -2.40. The predicted octanol–water partition coefficient (Wildman–Crippen LogP) is 5.09. The minimum Gasteiger partial charge on any atom is -0.480 e. The molecule has 0 radical (unpaired) electrons. The van der Waals surface area contributed by atoms with Crippen molar-refractivity contribution in [3.8, 4) is 11.1 Å². The van der Waals surface area contributed by atoms with Gasteiger partial charge in [-0.25, -0.2) is 9.59 Å². The van der Waals surface area contributed by atoms with Gasteiger partial charge in [-0.1, -0.05) is 75.2 Å². The van der Waals surface area contributed by atoms with Crippen LogP contribution in [-0.2, 0) is 14.3 Å². The number of amides is 2. The molecule has 1 unspecified atom stereocenters. The molecular formula is C28H36N2O5. The van der Waals surface area contributed by atoms with Crippen molar-refractivity contribution in [1.29, 1.82) is 0 Å². The fourth-order valence-corrected chi connectivity index (χ4v) is 4.81. The summed E-state index contributed by atoms with van der Waals surface area (Å²) < 4.78 is 5.59. The molecule has 3 N–H and O–H groups in total. The van der Waals surface area contributed by atoms with Gasteiger partial charge in [0.05, 0.1) is 0 Å². The van der Waals surface area contributed by atoms with E-state index in [9.17, 15) is 14.4 Å². The summed E-state index contributed by atoms with van der Waals surface area (Å²) in [7, 11) is 0. The highest BCUT2D eigenvalue weighted by Crippen LogP contribution is 2.44. The van der Waals surface area contributed by atoms with Crippen LogP contribution in [0.2, 0.25) is 0 Å². The quantitative estimate of drug-likeness (QED) is 0.370. The fourth-order valence-electron chi connectivity index (χ4n) is 4.81. The topological polar surface area (TPSA) is 105 Å². The third-order valence-corrected chi connectivity index (χ3v) is 6.68. The molecule has 0 aromatic heterocycles. The van der Waals surface area contributed by atoms with Crippen LogP contribution in [-0.4, -0.2) is 42.3 Å². The fraction of sp³-hybridized carbons (Fsp3) is 0.464. The Bertz CT molecular complexity index is 976. The van der Waals surface area contributed by atoms with E-state index in [0.29, 0.717) is 19.4 Å². The van der Waals surface area contributed by atoms with Crippen molar-refractivity contribution in [2.45, 2.75) is 64.3 Å². The third-order valence-electron chi connectivity index (χ3n) is 6.68. The third kappa shape index (κ3) is 7.07. The summed E-state index contributed by atoms with van der Waals surface area (Å²) >= 11 is 0. The van der Waals surface area contributed by atoms with E-state index < -0.39 is 18.1 Å². The van der Waals surface area contributed by atoms with Gasteiger partial charge in [0.1, 0.15) is 12.6 Å². The van der Waals surface area contributed by atoms with E-state index in [-0.39, 0.29) is 30.8 Å². The lowest BCUT2D eigenvalue weighted by Gasteiger charge is -2.18. The second kappa shape index (κ2) is 12.9. The highest BCUT2D eigenvalue weighted by Gasteiger charge is 2.29. The second-order valence-electron chi connectivity index (χ2n) is 9.10. The number of carbonyl (C=O) groups excluding carboxylic acids is 2. The van der Waals surface area contributed by atoms with Crippen molar-refractivity contribution in [3.05, 3.63) is 59.7 Å². The Morgan fingerprint density at radius 2 is 1.57 bits per heavy atom. The molecule has 0 saturated heterocycles. The number of ether oxygens (including phenoxy) is 1. The number of benzene rings is 2. The molecule has 0 saturated carbocycles. The first-order valence-corrected chi connectivity index (χ1v) is 12.6. The zero-order valence-corrected chi connectivity index (χ0v) is 20.6. The van der Waals surface area contributed by atoms with Crippen LogP contribution in [0.25, 0.3) is 11.1 Å². The largest absolute Gasteiger partial charge is 0.480 e. The molecular weight excluding hydrogens is 444 g/mol. The minimum absolute atomic E-state index is 0.0252. The smallest absolute Gasteiger partial charge is 0.407 e. The molecule has 2 amide bonds. The van der Waals surface area contributed by atoms with Crippen LogP contribution in [0.1, 0.15) is 69.4 Å². The number of aliphatic carboxylic acids is 1. The van der Waals surface area contributed by atoms with Crippen molar-refractivity contribution in [1.82, 2.24) is 10.6 Å². The number of hydrogen-bond donors (Lipinski definition) is 3. The maximum Gasteiger partial charge on any atom is 0.407 e.